The van der Waals surface area contributed by atoms with Crippen LogP contribution in [-0.4, -0.2) is 9.13 Å². The van der Waals surface area contributed by atoms with Crippen LogP contribution in [0.1, 0.15) is 25.0 Å². The molecular weight excluding hydrogens is 769 g/mol. The van der Waals surface area contributed by atoms with Crippen molar-refractivity contribution in [1.29, 1.82) is 0 Å². The maximum absolute atomic E-state index is 5.73. The van der Waals surface area contributed by atoms with E-state index in [1.54, 1.807) is 6.08 Å². The Bertz CT molecular complexity index is 3420. The smallest absolute Gasteiger partial charge is 0.135 e. The van der Waals surface area contributed by atoms with E-state index in [1.165, 1.54) is 87.9 Å². The topological polar surface area (TPSA) is 75.0 Å². The van der Waals surface area contributed by atoms with E-state index in [0.29, 0.717) is 0 Å². The van der Waals surface area contributed by atoms with Gasteiger partial charge in [-0.05, 0) is 98.5 Å². The molecule has 4 N–H and O–H groups in total. The minimum absolute atomic E-state index is 0.966. The second-order valence-corrected chi connectivity index (χ2v) is 15.6. The largest absolute Gasteiger partial charge is 0.456 e. The molecule has 0 aliphatic rings. The highest BCUT2D eigenvalue weighted by Gasteiger charge is 2.21. The van der Waals surface area contributed by atoms with Crippen LogP contribution >= 0.6 is 0 Å². The molecule has 0 saturated heterocycles. The summed E-state index contributed by atoms with van der Waals surface area (Å²) >= 11 is 0. The first-order valence-corrected chi connectivity index (χ1v) is 21.2. The Morgan fingerprint density at radius 2 is 1.02 bits per heavy atom. The Kier molecular flexibility index (Phi) is 12.6. The van der Waals surface area contributed by atoms with Gasteiger partial charge in [-0.25, -0.2) is 0 Å². The molecule has 0 spiro atoms. The number of hydrogen-bond donors (Lipinski definition) is 2. The van der Waals surface area contributed by atoms with E-state index < -0.39 is 0 Å². The molecule has 310 valence electrons. The molecular formula is C58H52N4O. The standard InChI is InChI=1S/C37H26N2.C13H10O.C8H12.H4N2/c1-25-10-9-13-29(24-25)39-35-17-8-6-15-31(35)33-23-22-32-30-14-5-7-16-34(30)38(36(32)37(33)39)28-20-18-27(19-21-28)26-11-3-2-4-12-26;1-9-6-7-11-10-4-2-3-5-12(10)14-13(11)8-9;1-4-6-8(3)7-5-2;1-2/h2-24H,1H3;2-8H,1H3;4-7H,1H2,2-3H3;1-2H2/b;;7-5-,8-6-;. The quantitative estimate of drug-likeness (QED) is 0.103. The van der Waals surface area contributed by atoms with Crippen molar-refractivity contribution >= 4 is 65.6 Å². The van der Waals surface area contributed by atoms with Crippen LogP contribution in [0.4, 0.5) is 0 Å². The molecule has 0 unspecified atom stereocenters. The van der Waals surface area contributed by atoms with E-state index in [4.69, 9.17) is 4.42 Å². The molecule has 0 amide bonds. The van der Waals surface area contributed by atoms with Crippen molar-refractivity contribution in [2.75, 3.05) is 0 Å². The number of para-hydroxylation sites is 3. The Balaban J connectivity index is 0.000000186. The maximum Gasteiger partial charge on any atom is 0.135 e. The zero-order chi connectivity index (χ0) is 43.9. The fraction of sp³-hybridized carbons (Fsp3) is 0.0690. The highest BCUT2D eigenvalue weighted by Crippen LogP contribution is 2.42. The van der Waals surface area contributed by atoms with Gasteiger partial charge in [0.2, 0.25) is 0 Å². The lowest BCUT2D eigenvalue weighted by molar-refractivity contribution is 0.668. The van der Waals surface area contributed by atoms with Crippen molar-refractivity contribution in [3.8, 4) is 22.5 Å². The van der Waals surface area contributed by atoms with E-state index in [2.05, 4.69) is 205 Å². The summed E-state index contributed by atoms with van der Waals surface area (Å²) in [6.07, 6.45) is 7.81. The lowest BCUT2D eigenvalue weighted by atomic mass is 10.1. The molecule has 0 aliphatic heterocycles. The van der Waals surface area contributed by atoms with Crippen LogP contribution in [0.15, 0.2) is 223 Å². The van der Waals surface area contributed by atoms with Gasteiger partial charge in [-0.2, -0.15) is 0 Å². The van der Waals surface area contributed by atoms with E-state index in [1.807, 2.05) is 50.3 Å². The molecule has 3 aromatic heterocycles. The number of hydrogen-bond acceptors (Lipinski definition) is 3. The van der Waals surface area contributed by atoms with Gasteiger partial charge in [0, 0.05) is 43.7 Å². The number of aryl methyl sites for hydroxylation is 2. The predicted molar refractivity (Wildman–Crippen MR) is 271 cm³/mol. The van der Waals surface area contributed by atoms with Gasteiger partial charge in [-0.15, -0.1) is 0 Å². The average molecular weight is 821 g/mol. The molecule has 11 rings (SSSR count). The van der Waals surface area contributed by atoms with E-state index in [0.717, 1.165) is 16.9 Å². The number of aromatic nitrogens is 2. The Labute approximate surface area is 369 Å². The second-order valence-electron chi connectivity index (χ2n) is 15.6. The van der Waals surface area contributed by atoms with Crippen molar-refractivity contribution in [3.05, 3.63) is 230 Å². The first-order valence-electron chi connectivity index (χ1n) is 21.2. The molecule has 63 heavy (non-hydrogen) atoms. The van der Waals surface area contributed by atoms with Gasteiger partial charge in [0.15, 0.2) is 0 Å². The lowest BCUT2D eigenvalue weighted by Gasteiger charge is -2.13. The molecule has 5 heteroatoms. The molecule has 0 aliphatic carbocycles. The summed E-state index contributed by atoms with van der Waals surface area (Å²) in [5, 5.41) is 7.47. The van der Waals surface area contributed by atoms with E-state index in [-0.39, 0.29) is 0 Å². The number of rotatable bonds is 5. The van der Waals surface area contributed by atoms with Crippen molar-refractivity contribution in [3.63, 3.8) is 0 Å². The average Bonchev–Trinajstić information content (AvgIpc) is 3.98. The van der Waals surface area contributed by atoms with Crippen molar-refractivity contribution < 1.29 is 4.42 Å². The molecule has 8 aromatic carbocycles. The third-order valence-corrected chi connectivity index (χ3v) is 11.3. The number of nitrogens with zero attached hydrogens (tertiary/aromatic N) is 2. The summed E-state index contributed by atoms with van der Waals surface area (Å²) < 4.78 is 10.6. The van der Waals surface area contributed by atoms with Crippen LogP contribution in [0.25, 0.3) is 88.1 Å². The minimum Gasteiger partial charge on any atom is -0.456 e. The number of nitrogens with two attached hydrogens (primary N) is 2. The monoisotopic (exact) mass is 820 g/mol. The zero-order valence-corrected chi connectivity index (χ0v) is 36.3. The van der Waals surface area contributed by atoms with Gasteiger partial charge >= 0.3 is 0 Å². The van der Waals surface area contributed by atoms with Gasteiger partial charge in [-0.1, -0.05) is 170 Å². The van der Waals surface area contributed by atoms with Gasteiger partial charge in [0.1, 0.15) is 11.2 Å². The summed E-state index contributed by atoms with van der Waals surface area (Å²) in [7, 11) is 0. The summed E-state index contributed by atoms with van der Waals surface area (Å²) in [5.41, 5.74) is 15.4. The predicted octanol–water partition coefficient (Wildman–Crippen LogP) is 15.3. The summed E-state index contributed by atoms with van der Waals surface area (Å²) in [6, 6.07) is 65.0. The number of allylic oxidation sites excluding steroid dienone is 5. The summed E-state index contributed by atoms with van der Waals surface area (Å²) in [6.45, 7) is 11.9. The van der Waals surface area contributed by atoms with Gasteiger partial charge in [-0.3, -0.25) is 11.7 Å². The van der Waals surface area contributed by atoms with Crippen LogP contribution in [0.3, 0.4) is 0 Å². The summed E-state index contributed by atoms with van der Waals surface area (Å²) in [5.74, 6) is 8.00. The normalized spacial score (nSPS) is 11.4. The third kappa shape index (κ3) is 8.36. The highest BCUT2D eigenvalue weighted by molar-refractivity contribution is 6.23. The molecule has 0 fully saturated rings. The maximum atomic E-state index is 5.73. The van der Waals surface area contributed by atoms with Crippen molar-refractivity contribution in [1.82, 2.24) is 9.13 Å². The molecule has 0 bridgehead atoms. The Morgan fingerprint density at radius 3 is 1.63 bits per heavy atom. The zero-order valence-electron chi connectivity index (χ0n) is 36.3. The third-order valence-electron chi connectivity index (χ3n) is 11.3. The Morgan fingerprint density at radius 1 is 0.492 bits per heavy atom. The SMILES string of the molecule is C=C/C=C(C)\C=C/C.Cc1ccc2c(c1)oc1ccccc12.Cc1cccc(-n2c3ccccc3c3ccc4c5ccccc5n(-c5ccc(-c6ccccc6)cc5)c4c32)c1.NN. The van der Waals surface area contributed by atoms with Crippen molar-refractivity contribution in [2.45, 2.75) is 27.7 Å². The van der Waals surface area contributed by atoms with Crippen molar-refractivity contribution in [2.24, 2.45) is 11.7 Å². The second kappa shape index (κ2) is 18.9. The number of fused-ring (bicyclic) bond motifs is 10. The molecule has 11 aromatic rings. The molecule has 0 radical (unpaired) electrons. The number of benzene rings is 8. The summed E-state index contributed by atoms with van der Waals surface area (Å²) in [4.78, 5) is 0. The van der Waals surface area contributed by atoms with E-state index >= 15 is 0 Å². The van der Waals surface area contributed by atoms with Crippen LogP contribution in [0.5, 0.6) is 0 Å². The van der Waals surface area contributed by atoms with Crippen LogP contribution in [-0.2, 0) is 0 Å². The molecule has 0 saturated carbocycles. The van der Waals surface area contributed by atoms with Crippen LogP contribution in [0, 0.1) is 13.8 Å². The number of hydrazine groups is 1. The molecule has 3 heterocycles. The Hall–Kier alpha value is -7.70. The first kappa shape index (κ1) is 42.0. The first-order chi connectivity index (χ1) is 30.9. The fourth-order valence-electron chi connectivity index (χ4n) is 8.58. The van der Waals surface area contributed by atoms with Gasteiger partial charge < -0.3 is 13.6 Å². The highest BCUT2D eigenvalue weighted by atomic mass is 16.3. The fourth-order valence-corrected chi connectivity index (χ4v) is 8.58. The molecule has 0 atom stereocenters. The number of furan rings is 1. The lowest BCUT2D eigenvalue weighted by Crippen LogP contribution is -2.02. The van der Waals surface area contributed by atoms with Gasteiger partial charge in [0.25, 0.3) is 0 Å². The van der Waals surface area contributed by atoms with Gasteiger partial charge in [0.05, 0.1) is 22.1 Å². The molecule has 5 nitrogen and oxygen atoms in total. The van der Waals surface area contributed by atoms with Crippen LogP contribution in [0.2, 0.25) is 0 Å². The van der Waals surface area contributed by atoms with E-state index in [9.17, 15) is 0 Å². The minimum atomic E-state index is 0.966. The van der Waals surface area contributed by atoms with Crippen LogP contribution < -0.4 is 11.7 Å².